The van der Waals surface area contributed by atoms with Gasteiger partial charge in [-0.25, -0.2) is 13.6 Å². The molecular formula is C34H46F2N2O5. The van der Waals surface area contributed by atoms with Gasteiger partial charge in [-0.05, 0) is 89.6 Å². The Morgan fingerprint density at radius 1 is 0.907 bits per heavy atom. The number of benzene rings is 2. The monoisotopic (exact) mass is 600 g/mol. The first-order chi connectivity index (χ1) is 20.0. The molecule has 0 saturated carbocycles. The summed E-state index contributed by atoms with van der Waals surface area (Å²) in [4.78, 5) is 25.6. The summed E-state index contributed by atoms with van der Waals surface area (Å²) < 4.78 is 45.7. The average Bonchev–Trinajstić information content (AvgIpc) is 2.91. The molecule has 1 unspecified atom stereocenters. The summed E-state index contributed by atoms with van der Waals surface area (Å²) in [5.74, 6) is -3.05. The van der Waals surface area contributed by atoms with Crippen molar-refractivity contribution in [2.45, 2.75) is 97.1 Å². The van der Waals surface area contributed by atoms with Crippen LogP contribution in [0.15, 0.2) is 57.7 Å². The Hall–Kier alpha value is -3.30. The minimum atomic E-state index is -2.94. The van der Waals surface area contributed by atoms with E-state index >= 15 is 0 Å². The van der Waals surface area contributed by atoms with Crippen LogP contribution in [0.4, 0.5) is 8.78 Å². The van der Waals surface area contributed by atoms with Crippen LogP contribution in [0.25, 0.3) is 22.1 Å². The van der Waals surface area contributed by atoms with Crippen molar-refractivity contribution in [2.75, 3.05) is 13.2 Å². The van der Waals surface area contributed by atoms with Gasteiger partial charge >= 0.3 is 11.6 Å². The Bertz CT molecular complexity index is 1460. The molecule has 1 aromatic heterocycles. The van der Waals surface area contributed by atoms with E-state index in [0.29, 0.717) is 16.9 Å². The van der Waals surface area contributed by atoms with E-state index in [0.717, 1.165) is 22.9 Å². The lowest BCUT2D eigenvalue weighted by Gasteiger charge is -2.42. The maximum Gasteiger partial charge on any atom is 0.344 e. The summed E-state index contributed by atoms with van der Waals surface area (Å²) in [6.07, 6.45) is 0.409. The van der Waals surface area contributed by atoms with Gasteiger partial charge in [-0.2, -0.15) is 0 Å². The number of halogens is 2. The molecule has 0 fully saturated rings. The summed E-state index contributed by atoms with van der Waals surface area (Å²) in [6.45, 7) is 10.7. The molecular weight excluding hydrogens is 554 g/mol. The van der Waals surface area contributed by atoms with Crippen molar-refractivity contribution < 1.29 is 27.5 Å². The summed E-state index contributed by atoms with van der Waals surface area (Å²) in [6, 6.07) is 14.6. The van der Waals surface area contributed by atoms with Gasteiger partial charge in [0.2, 0.25) is 5.92 Å². The SMILES string of the molecule is CCc1ccccc1-c1cc2ccc(OCCCC(F)(F)CCCOC(=O)C(C)(CC(C)(C)N)C(C)(C)N)cc2oc1=O. The molecule has 0 saturated heterocycles. The van der Waals surface area contributed by atoms with Crippen LogP contribution in [0, 0.1) is 5.41 Å². The first-order valence-electron chi connectivity index (χ1n) is 14.9. The van der Waals surface area contributed by atoms with E-state index < -0.39 is 40.4 Å². The van der Waals surface area contributed by atoms with E-state index in [2.05, 4.69) is 0 Å². The zero-order valence-electron chi connectivity index (χ0n) is 26.2. The summed E-state index contributed by atoms with van der Waals surface area (Å²) >= 11 is 0. The first-order valence-corrected chi connectivity index (χ1v) is 14.9. The lowest BCUT2D eigenvalue weighted by molar-refractivity contribution is -0.161. The van der Waals surface area contributed by atoms with Crippen LogP contribution in [-0.4, -0.2) is 36.2 Å². The number of fused-ring (bicyclic) bond motifs is 1. The third-order valence-electron chi connectivity index (χ3n) is 7.95. The Morgan fingerprint density at radius 3 is 2.19 bits per heavy atom. The number of nitrogens with two attached hydrogens (primary N) is 2. The number of aryl methyl sites for hydroxylation is 1. The molecule has 236 valence electrons. The van der Waals surface area contributed by atoms with Crippen molar-refractivity contribution in [3.63, 3.8) is 0 Å². The normalized spacial score (nSPS) is 14.0. The zero-order valence-corrected chi connectivity index (χ0v) is 26.2. The Kier molecular flexibility index (Phi) is 10.8. The second-order valence-corrected chi connectivity index (χ2v) is 12.9. The van der Waals surface area contributed by atoms with Gasteiger partial charge in [0, 0.05) is 35.4 Å². The van der Waals surface area contributed by atoms with E-state index in [-0.39, 0.29) is 38.9 Å². The molecule has 43 heavy (non-hydrogen) atoms. The fraction of sp³-hybridized carbons (Fsp3) is 0.529. The van der Waals surface area contributed by atoms with Gasteiger partial charge in [0.1, 0.15) is 11.3 Å². The Labute approximate surface area is 252 Å². The number of ether oxygens (including phenoxy) is 2. The van der Waals surface area contributed by atoms with Crippen molar-refractivity contribution in [2.24, 2.45) is 16.9 Å². The van der Waals surface area contributed by atoms with Crippen molar-refractivity contribution in [1.29, 1.82) is 0 Å². The van der Waals surface area contributed by atoms with E-state index in [4.69, 9.17) is 25.4 Å². The topological polar surface area (TPSA) is 118 Å². The quantitative estimate of drug-likeness (QED) is 0.109. The maximum absolute atomic E-state index is 14.5. The minimum Gasteiger partial charge on any atom is -0.493 e. The van der Waals surface area contributed by atoms with Gasteiger partial charge in [0.15, 0.2) is 0 Å². The van der Waals surface area contributed by atoms with E-state index in [1.165, 1.54) is 0 Å². The largest absolute Gasteiger partial charge is 0.493 e. The molecule has 0 aliphatic heterocycles. The van der Waals surface area contributed by atoms with Crippen LogP contribution in [0.3, 0.4) is 0 Å². The molecule has 0 amide bonds. The molecule has 1 atom stereocenters. The number of hydrogen-bond acceptors (Lipinski definition) is 7. The van der Waals surface area contributed by atoms with Crippen LogP contribution < -0.4 is 21.8 Å². The smallest absolute Gasteiger partial charge is 0.344 e. The van der Waals surface area contributed by atoms with Crippen molar-refractivity contribution in [3.8, 4) is 16.9 Å². The zero-order chi connectivity index (χ0) is 32.1. The Morgan fingerprint density at radius 2 is 1.56 bits per heavy atom. The highest BCUT2D eigenvalue weighted by Crippen LogP contribution is 2.38. The molecule has 3 rings (SSSR count). The number of alkyl halides is 2. The standard InChI is InChI=1S/C34H46F2N2O5/c1-7-23-12-8-9-13-26(23)27-20-24-14-15-25(21-28(24)43-29(27)39)41-18-10-16-34(35,36)17-11-19-42-30(40)33(6,32(4,5)38)22-31(2,3)37/h8-9,12-15,20-21H,7,10-11,16-19,22,37-38H2,1-6H3. The fourth-order valence-electron chi connectivity index (χ4n) is 5.24. The van der Waals surface area contributed by atoms with Crippen LogP contribution in [-0.2, 0) is 16.0 Å². The molecule has 1 heterocycles. The van der Waals surface area contributed by atoms with E-state index in [1.807, 2.05) is 31.2 Å². The van der Waals surface area contributed by atoms with Gasteiger partial charge in [-0.1, -0.05) is 31.2 Å². The highest BCUT2D eigenvalue weighted by molar-refractivity contribution is 5.83. The van der Waals surface area contributed by atoms with E-state index in [9.17, 15) is 18.4 Å². The molecule has 0 spiro atoms. The van der Waals surface area contributed by atoms with Gasteiger partial charge < -0.3 is 25.4 Å². The maximum atomic E-state index is 14.5. The second kappa shape index (κ2) is 13.6. The second-order valence-electron chi connectivity index (χ2n) is 12.9. The van der Waals surface area contributed by atoms with Crippen LogP contribution in [0.2, 0.25) is 0 Å². The van der Waals surface area contributed by atoms with Crippen LogP contribution in [0.5, 0.6) is 5.75 Å². The third-order valence-corrected chi connectivity index (χ3v) is 7.95. The van der Waals surface area contributed by atoms with Gasteiger partial charge in [-0.3, -0.25) is 4.79 Å². The van der Waals surface area contributed by atoms with Crippen LogP contribution in [0.1, 0.15) is 79.2 Å². The summed E-state index contributed by atoms with van der Waals surface area (Å²) in [5.41, 5.74) is 12.1. The van der Waals surface area contributed by atoms with Gasteiger partial charge in [0.05, 0.1) is 24.2 Å². The first kappa shape index (κ1) is 34.2. The number of carbonyl (C=O) groups excluding carboxylic acids is 1. The molecule has 4 N–H and O–H groups in total. The predicted octanol–water partition coefficient (Wildman–Crippen LogP) is 7.01. The molecule has 0 aliphatic carbocycles. The fourth-order valence-corrected chi connectivity index (χ4v) is 5.24. The number of hydrogen-bond donors (Lipinski definition) is 2. The average molecular weight is 601 g/mol. The molecule has 0 radical (unpaired) electrons. The molecule has 2 aromatic carbocycles. The predicted molar refractivity (Wildman–Crippen MR) is 166 cm³/mol. The summed E-state index contributed by atoms with van der Waals surface area (Å²) in [7, 11) is 0. The lowest BCUT2D eigenvalue weighted by Crippen LogP contribution is -2.58. The molecule has 9 heteroatoms. The highest BCUT2D eigenvalue weighted by atomic mass is 19.3. The van der Waals surface area contributed by atoms with Crippen LogP contribution >= 0.6 is 0 Å². The molecule has 3 aromatic rings. The third kappa shape index (κ3) is 9.10. The number of esters is 1. The number of carbonyl (C=O) groups is 1. The minimum absolute atomic E-state index is 0.0150. The molecule has 0 aliphatic rings. The highest BCUT2D eigenvalue weighted by Gasteiger charge is 2.48. The molecule has 0 bridgehead atoms. The summed E-state index contributed by atoms with van der Waals surface area (Å²) in [5, 5.41) is 0.738. The number of rotatable bonds is 15. The van der Waals surface area contributed by atoms with Crippen molar-refractivity contribution >= 4 is 16.9 Å². The van der Waals surface area contributed by atoms with Gasteiger partial charge in [-0.15, -0.1) is 0 Å². The van der Waals surface area contributed by atoms with Gasteiger partial charge in [0.25, 0.3) is 0 Å². The molecule has 7 nitrogen and oxygen atoms in total. The Balaban J connectivity index is 1.49. The van der Waals surface area contributed by atoms with Crippen molar-refractivity contribution in [1.82, 2.24) is 0 Å². The lowest BCUT2D eigenvalue weighted by atomic mass is 9.67. The van der Waals surface area contributed by atoms with E-state index in [1.54, 1.807) is 58.9 Å². The van der Waals surface area contributed by atoms with Crippen molar-refractivity contribution in [3.05, 3.63) is 64.5 Å².